The summed E-state index contributed by atoms with van der Waals surface area (Å²) in [5, 5.41) is 6.42. The molecule has 3 amide bonds. The molecule has 0 aliphatic carbocycles. The minimum Gasteiger partial charge on any atom is -0.303 e. The molecule has 0 atom stereocenters. The molecule has 0 radical (unpaired) electrons. The van der Waals surface area contributed by atoms with E-state index in [2.05, 4.69) is 15.4 Å². The highest BCUT2D eigenvalue weighted by atomic mass is 16.2. The van der Waals surface area contributed by atoms with Gasteiger partial charge in [0.25, 0.3) is 5.91 Å². The number of urea groups is 1. The van der Waals surface area contributed by atoms with Gasteiger partial charge in [-0.05, 0) is 27.7 Å². The third-order valence-corrected chi connectivity index (χ3v) is 3.13. The molecule has 1 aromatic heterocycles. The third-order valence-electron chi connectivity index (χ3n) is 3.13. The second-order valence-corrected chi connectivity index (χ2v) is 5.12. The second kappa shape index (κ2) is 4.08. The van der Waals surface area contributed by atoms with Gasteiger partial charge in [0, 0.05) is 6.04 Å². The van der Waals surface area contributed by atoms with Gasteiger partial charge in [-0.3, -0.25) is 10.1 Å². The van der Waals surface area contributed by atoms with Crippen molar-refractivity contribution in [2.45, 2.75) is 45.8 Å². The van der Waals surface area contributed by atoms with E-state index < -0.39 is 5.54 Å². The molecule has 1 N–H and O–H groups in total. The SMILES string of the molecule is CC(C)n1ncnc1CN1C(=O)NC(=O)C1(C)C. The summed E-state index contributed by atoms with van der Waals surface area (Å²) in [7, 11) is 0. The van der Waals surface area contributed by atoms with Gasteiger partial charge in [0.1, 0.15) is 17.7 Å². The zero-order valence-corrected chi connectivity index (χ0v) is 11.0. The van der Waals surface area contributed by atoms with Crippen molar-refractivity contribution < 1.29 is 9.59 Å². The normalized spacial score (nSPS) is 18.6. The molecule has 98 valence electrons. The van der Waals surface area contributed by atoms with E-state index in [0.29, 0.717) is 5.82 Å². The maximum absolute atomic E-state index is 11.7. The Morgan fingerprint density at radius 3 is 2.56 bits per heavy atom. The molecule has 1 aliphatic rings. The van der Waals surface area contributed by atoms with Crippen molar-refractivity contribution in [3.8, 4) is 0 Å². The zero-order valence-electron chi connectivity index (χ0n) is 11.0. The van der Waals surface area contributed by atoms with Crippen LogP contribution in [-0.2, 0) is 11.3 Å². The number of carbonyl (C=O) groups excluding carboxylic acids is 2. The van der Waals surface area contributed by atoms with Crippen LogP contribution in [0.1, 0.15) is 39.6 Å². The lowest BCUT2D eigenvalue weighted by molar-refractivity contribution is -0.125. The molecule has 18 heavy (non-hydrogen) atoms. The molecule has 0 bridgehead atoms. The third kappa shape index (κ3) is 1.85. The predicted octanol–water partition coefficient (Wildman–Crippen LogP) is 0.689. The lowest BCUT2D eigenvalue weighted by Gasteiger charge is -2.27. The summed E-state index contributed by atoms with van der Waals surface area (Å²) in [5.74, 6) is 0.381. The molecule has 2 heterocycles. The Morgan fingerprint density at radius 2 is 2.06 bits per heavy atom. The van der Waals surface area contributed by atoms with E-state index in [1.807, 2.05) is 13.8 Å². The number of amides is 3. The minimum atomic E-state index is -0.856. The molecule has 0 spiro atoms. The molecule has 0 saturated carbocycles. The van der Waals surface area contributed by atoms with Crippen LogP contribution in [0.15, 0.2) is 6.33 Å². The van der Waals surface area contributed by atoms with Crippen molar-refractivity contribution in [3.63, 3.8) is 0 Å². The monoisotopic (exact) mass is 251 g/mol. The van der Waals surface area contributed by atoms with Gasteiger partial charge in [-0.25, -0.2) is 14.5 Å². The highest BCUT2D eigenvalue weighted by Gasteiger charge is 2.45. The van der Waals surface area contributed by atoms with Crippen LogP contribution < -0.4 is 5.32 Å². The highest BCUT2D eigenvalue weighted by molar-refractivity contribution is 6.06. The van der Waals surface area contributed by atoms with Gasteiger partial charge < -0.3 is 4.90 Å². The van der Waals surface area contributed by atoms with Crippen molar-refractivity contribution >= 4 is 11.9 Å². The lowest BCUT2D eigenvalue weighted by Crippen LogP contribution is -2.44. The Hall–Kier alpha value is -1.92. The molecular weight excluding hydrogens is 234 g/mol. The molecule has 7 heteroatoms. The maximum Gasteiger partial charge on any atom is 0.325 e. The van der Waals surface area contributed by atoms with Crippen LogP contribution in [0.3, 0.4) is 0 Å². The molecule has 1 aliphatic heterocycles. The smallest absolute Gasteiger partial charge is 0.303 e. The van der Waals surface area contributed by atoms with Gasteiger partial charge >= 0.3 is 6.03 Å². The van der Waals surface area contributed by atoms with E-state index >= 15 is 0 Å². The fourth-order valence-electron chi connectivity index (χ4n) is 1.92. The van der Waals surface area contributed by atoms with E-state index in [1.54, 1.807) is 18.5 Å². The molecule has 0 aromatic carbocycles. The summed E-state index contributed by atoms with van der Waals surface area (Å²) >= 11 is 0. The fraction of sp³-hybridized carbons (Fsp3) is 0.636. The zero-order chi connectivity index (χ0) is 13.5. The minimum absolute atomic E-state index is 0.159. The number of nitrogens with zero attached hydrogens (tertiary/aromatic N) is 4. The quantitative estimate of drug-likeness (QED) is 0.801. The molecule has 2 rings (SSSR count). The number of carbonyl (C=O) groups is 2. The largest absolute Gasteiger partial charge is 0.325 e. The Labute approximate surface area is 105 Å². The van der Waals surface area contributed by atoms with Crippen LogP contribution in [0.25, 0.3) is 0 Å². The Balaban J connectivity index is 2.26. The molecule has 0 unspecified atom stereocenters. The van der Waals surface area contributed by atoms with E-state index in [-0.39, 0.29) is 24.5 Å². The molecule has 7 nitrogen and oxygen atoms in total. The van der Waals surface area contributed by atoms with Crippen LogP contribution in [0.4, 0.5) is 4.79 Å². The van der Waals surface area contributed by atoms with Crippen LogP contribution in [0.5, 0.6) is 0 Å². The maximum atomic E-state index is 11.7. The van der Waals surface area contributed by atoms with Gasteiger partial charge in [0.2, 0.25) is 0 Å². The first-order valence-corrected chi connectivity index (χ1v) is 5.85. The Kier molecular flexibility index (Phi) is 2.84. The summed E-state index contributed by atoms with van der Waals surface area (Å²) in [6.07, 6.45) is 1.46. The van der Waals surface area contributed by atoms with Crippen LogP contribution in [0.2, 0.25) is 0 Å². The average Bonchev–Trinajstić information content (AvgIpc) is 2.79. The number of hydrogen-bond donors (Lipinski definition) is 1. The number of nitrogens with one attached hydrogen (secondary N) is 1. The first-order chi connectivity index (χ1) is 8.34. The first kappa shape index (κ1) is 12.5. The van der Waals surface area contributed by atoms with E-state index in [0.717, 1.165) is 0 Å². The van der Waals surface area contributed by atoms with Gasteiger partial charge in [-0.1, -0.05) is 0 Å². The van der Waals surface area contributed by atoms with Crippen molar-refractivity contribution in [2.75, 3.05) is 0 Å². The van der Waals surface area contributed by atoms with Crippen LogP contribution in [-0.4, -0.2) is 37.1 Å². The van der Waals surface area contributed by atoms with Crippen LogP contribution in [0, 0.1) is 0 Å². The fourth-order valence-corrected chi connectivity index (χ4v) is 1.92. The number of aromatic nitrogens is 3. The van der Waals surface area contributed by atoms with Crippen molar-refractivity contribution in [2.24, 2.45) is 0 Å². The van der Waals surface area contributed by atoms with Crippen LogP contribution >= 0.6 is 0 Å². The second-order valence-electron chi connectivity index (χ2n) is 5.12. The topological polar surface area (TPSA) is 80.1 Å². The van der Waals surface area contributed by atoms with Gasteiger partial charge in [0.05, 0.1) is 6.54 Å². The van der Waals surface area contributed by atoms with Crippen molar-refractivity contribution in [1.82, 2.24) is 25.0 Å². The summed E-state index contributed by atoms with van der Waals surface area (Å²) in [6, 6.07) is -0.227. The van der Waals surface area contributed by atoms with E-state index in [1.165, 1.54) is 11.2 Å². The van der Waals surface area contributed by atoms with E-state index in [4.69, 9.17) is 0 Å². The molecule has 1 aromatic rings. The summed E-state index contributed by atoms with van der Waals surface area (Å²) in [4.78, 5) is 29.0. The Morgan fingerprint density at radius 1 is 1.39 bits per heavy atom. The number of rotatable bonds is 3. The van der Waals surface area contributed by atoms with Crippen molar-refractivity contribution in [1.29, 1.82) is 0 Å². The summed E-state index contributed by atoms with van der Waals surface area (Å²) in [6.45, 7) is 7.66. The average molecular weight is 251 g/mol. The number of hydrogen-bond acceptors (Lipinski definition) is 4. The molecule has 1 saturated heterocycles. The molecular formula is C11H17N5O2. The van der Waals surface area contributed by atoms with Crippen molar-refractivity contribution in [3.05, 3.63) is 12.2 Å². The Bertz CT molecular complexity index is 491. The van der Waals surface area contributed by atoms with Gasteiger partial charge in [-0.2, -0.15) is 5.10 Å². The summed E-state index contributed by atoms with van der Waals surface area (Å²) < 4.78 is 1.74. The van der Waals surface area contributed by atoms with Gasteiger partial charge in [0.15, 0.2) is 0 Å². The lowest BCUT2D eigenvalue weighted by atomic mass is 10.0. The summed E-state index contributed by atoms with van der Waals surface area (Å²) in [5.41, 5.74) is -0.856. The first-order valence-electron chi connectivity index (χ1n) is 5.85. The van der Waals surface area contributed by atoms with E-state index in [9.17, 15) is 9.59 Å². The standard InChI is InChI=1S/C11H17N5O2/c1-7(2)16-8(12-6-13-16)5-15-10(18)14-9(17)11(15,3)4/h6-7H,5H2,1-4H3,(H,14,17,18). The molecule has 1 fully saturated rings. The predicted molar refractivity (Wildman–Crippen MR) is 63.6 cm³/mol. The van der Waals surface area contributed by atoms with Gasteiger partial charge in [-0.15, -0.1) is 0 Å². The highest BCUT2D eigenvalue weighted by Crippen LogP contribution is 2.23. The number of imide groups is 1.